The summed E-state index contributed by atoms with van der Waals surface area (Å²) in [6.45, 7) is 5.94. The Balaban J connectivity index is 1.73. The molecular weight excluding hydrogens is 378 g/mol. The highest BCUT2D eigenvalue weighted by Gasteiger charge is 2.19. The zero-order chi connectivity index (χ0) is 20.3. The molecule has 1 amide bonds. The number of carbonyl (C=O) groups is 2. The van der Waals surface area contributed by atoms with Crippen LogP contribution in [0.5, 0.6) is 0 Å². The molecule has 0 fully saturated rings. The molecule has 2 aromatic heterocycles. The fourth-order valence-electron chi connectivity index (χ4n) is 2.83. The summed E-state index contributed by atoms with van der Waals surface area (Å²) in [5.74, 6) is -0.981. The quantitative estimate of drug-likeness (QED) is 0.644. The molecule has 0 unspecified atom stereocenters. The minimum absolute atomic E-state index is 0.152. The van der Waals surface area contributed by atoms with Crippen molar-refractivity contribution in [1.82, 2.24) is 14.9 Å². The van der Waals surface area contributed by atoms with Gasteiger partial charge in [-0.1, -0.05) is 6.07 Å². The van der Waals surface area contributed by atoms with Gasteiger partial charge in [-0.25, -0.2) is 9.78 Å². The molecule has 0 spiro atoms. The predicted octanol–water partition coefficient (Wildman–Crippen LogP) is 2.65. The number of nitrogens with zero attached hydrogens (tertiary/aromatic N) is 2. The highest BCUT2D eigenvalue weighted by atomic mass is 32.1. The van der Waals surface area contributed by atoms with Crippen LogP contribution in [0.25, 0.3) is 11.0 Å². The van der Waals surface area contributed by atoms with Gasteiger partial charge < -0.3 is 14.6 Å². The first-order valence-electron chi connectivity index (χ1n) is 8.93. The smallest absolute Gasteiger partial charge is 0.338 e. The molecule has 0 aliphatic heterocycles. The van der Waals surface area contributed by atoms with E-state index in [0.717, 1.165) is 4.88 Å². The number of nitrogens with one attached hydrogen (secondary N) is 1. The van der Waals surface area contributed by atoms with Gasteiger partial charge in [-0.05, 0) is 50.4 Å². The van der Waals surface area contributed by atoms with Crippen LogP contribution in [0.4, 0.5) is 0 Å². The number of rotatable bonds is 6. The van der Waals surface area contributed by atoms with Crippen molar-refractivity contribution >= 4 is 34.2 Å². The third-order valence-electron chi connectivity index (χ3n) is 4.33. The van der Waals surface area contributed by atoms with Gasteiger partial charge in [0.15, 0.2) is 6.10 Å². The minimum atomic E-state index is -0.928. The third kappa shape index (κ3) is 4.12. The number of hydrogen-bond acceptors (Lipinski definition) is 6. The van der Waals surface area contributed by atoms with Crippen LogP contribution in [-0.2, 0) is 22.6 Å². The molecule has 0 bridgehead atoms. The number of fused-ring (bicyclic) bond motifs is 1. The van der Waals surface area contributed by atoms with E-state index in [0.29, 0.717) is 29.8 Å². The molecule has 0 saturated heterocycles. The van der Waals surface area contributed by atoms with Crippen LogP contribution in [0.2, 0.25) is 0 Å². The summed E-state index contributed by atoms with van der Waals surface area (Å²) >= 11 is 1.54. The van der Waals surface area contributed by atoms with E-state index in [4.69, 9.17) is 4.74 Å². The van der Waals surface area contributed by atoms with Crippen LogP contribution in [-0.4, -0.2) is 27.5 Å². The molecule has 1 N–H and O–H groups in total. The van der Waals surface area contributed by atoms with Crippen molar-refractivity contribution < 1.29 is 14.3 Å². The summed E-state index contributed by atoms with van der Waals surface area (Å²) < 4.78 is 6.89. The van der Waals surface area contributed by atoms with Crippen molar-refractivity contribution in [2.75, 3.05) is 0 Å². The fourth-order valence-corrected chi connectivity index (χ4v) is 3.47. The Bertz CT molecular complexity index is 1070. The molecular formula is C20H21N3O4S. The number of aryl methyl sites for hydroxylation is 2. The number of hydrogen-bond donors (Lipinski definition) is 1. The van der Waals surface area contributed by atoms with Gasteiger partial charge in [0.1, 0.15) is 5.69 Å². The Morgan fingerprint density at radius 2 is 2.11 bits per heavy atom. The Kier molecular flexibility index (Phi) is 5.89. The van der Waals surface area contributed by atoms with Gasteiger partial charge in [0, 0.05) is 11.4 Å². The first-order valence-corrected chi connectivity index (χ1v) is 9.81. The van der Waals surface area contributed by atoms with Gasteiger partial charge >= 0.3 is 5.97 Å². The maximum atomic E-state index is 12.4. The van der Waals surface area contributed by atoms with E-state index in [1.165, 1.54) is 18.3 Å². The molecule has 2 heterocycles. The van der Waals surface area contributed by atoms with Gasteiger partial charge in [0.25, 0.3) is 11.5 Å². The standard InChI is InChI=1S/C20H21N3O4S/c1-4-23-17-8-7-14(10-16(17)22-12(2)19(23)25)20(26)27-13(3)18(24)21-11-15-6-5-9-28-15/h5-10,13H,4,11H2,1-3H3,(H,21,24)/t13-/m1/s1. The van der Waals surface area contributed by atoms with Crippen molar-refractivity contribution in [3.05, 3.63) is 62.2 Å². The first kappa shape index (κ1) is 19.8. The molecule has 0 saturated carbocycles. The highest BCUT2D eigenvalue weighted by molar-refractivity contribution is 7.09. The highest BCUT2D eigenvalue weighted by Crippen LogP contribution is 2.15. The van der Waals surface area contributed by atoms with E-state index in [9.17, 15) is 14.4 Å². The number of aromatic nitrogens is 2. The molecule has 7 nitrogen and oxygen atoms in total. The Morgan fingerprint density at radius 3 is 2.79 bits per heavy atom. The average molecular weight is 399 g/mol. The number of amides is 1. The third-order valence-corrected chi connectivity index (χ3v) is 5.21. The van der Waals surface area contributed by atoms with E-state index in [2.05, 4.69) is 10.3 Å². The van der Waals surface area contributed by atoms with Crippen LogP contribution in [0, 0.1) is 6.92 Å². The molecule has 0 radical (unpaired) electrons. The molecule has 0 aliphatic carbocycles. The molecule has 1 atom stereocenters. The van der Waals surface area contributed by atoms with Gasteiger partial charge in [0.05, 0.1) is 23.1 Å². The van der Waals surface area contributed by atoms with E-state index in [1.54, 1.807) is 29.7 Å². The lowest BCUT2D eigenvalue weighted by Gasteiger charge is -2.14. The number of esters is 1. The maximum absolute atomic E-state index is 12.4. The Hall–Kier alpha value is -3.00. The van der Waals surface area contributed by atoms with Crippen LogP contribution in [0.3, 0.4) is 0 Å². The maximum Gasteiger partial charge on any atom is 0.338 e. The van der Waals surface area contributed by atoms with E-state index >= 15 is 0 Å². The van der Waals surface area contributed by atoms with E-state index in [-0.39, 0.29) is 17.0 Å². The van der Waals surface area contributed by atoms with Crippen LogP contribution in [0.1, 0.15) is 34.8 Å². The van der Waals surface area contributed by atoms with Gasteiger partial charge in [-0.2, -0.15) is 0 Å². The number of benzene rings is 1. The zero-order valence-corrected chi connectivity index (χ0v) is 16.7. The van der Waals surface area contributed by atoms with Crippen LogP contribution >= 0.6 is 11.3 Å². The van der Waals surface area contributed by atoms with Crippen molar-refractivity contribution in [2.45, 2.75) is 40.0 Å². The fraction of sp³-hybridized carbons (Fsp3) is 0.300. The van der Waals surface area contributed by atoms with Gasteiger partial charge in [-0.3, -0.25) is 9.59 Å². The SMILES string of the molecule is CCn1c(=O)c(C)nc2cc(C(=O)O[C@H](C)C(=O)NCc3cccs3)ccc21. The predicted molar refractivity (Wildman–Crippen MR) is 107 cm³/mol. The lowest BCUT2D eigenvalue weighted by molar-refractivity contribution is -0.129. The largest absolute Gasteiger partial charge is 0.449 e. The summed E-state index contributed by atoms with van der Waals surface area (Å²) in [5.41, 5.74) is 1.67. The van der Waals surface area contributed by atoms with Crippen molar-refractivity contribution in [3.63, 3.8) is 0 Å². The normalized spacial score (nSPS) is 12.0. The number of carbonyl (C=O) groups excluding carboxylic acids is 2. The molecule has 8 heteroatoms. The Morgan fingerprint density at radius 1 is 1.32 bits per heavy atom. The topological polar surface area (TPSA) is 90.3 Å². The number of thiophene rings is 1. The van der Waals surface area contributed by atoms with Gasteiger partial charge in [-0.15, -0.1) is 11.3 Å². The first-order chi connectivity index (χ1) is 13.4. The van der Waals surface area contributed by atoms with Crippen molar-refractivity contribution in [1.29, 1.82) is 0 Å². The van der Waals surface area contributed by atoms with Crippen molar-refractivity contribution in [2.24, 2.45) is 0 Å². The van der Waals surface area contributed by atoms with Gasteiger partial charge in [0.2, 0.25) is 0 Å². The summed E-state index contributed by atoms with van der Waals surface area (Å²) in [6, 6.07) is 8.64. The second-order valence-electron chi connectivity index (χ2n) is 6.29. The average Bonchev–Trinajstić information content (AvgIpc) is 3.20. The lowest BCUT2D eigenvalue weighted by atomic mass is 10.2. The molecule has 0 aliphatic rings. The van der Waals surface area contributed by atoms with Crippen molar-refractivity contribution in [3.8, 4) is 0 Å². The second kappa shape index (κ2) is 8.35. The lowest BCUT2D eigenvalue weighted by Crippen LogP contribution is -2.35. The molecule has 3 aromatic rings. The molecule has 146 valence electrons. The van der Waals surface area contributed by atoms with E-state index in [1.807, 2.05) is 24.4 Å². The Labute approximate surface area is 166 Å². The molecule has 3 rings (SSSR count). The van der Waals surface area contributed by atoms with Crippen LogP contribution in [0.15, 0.2) is 40.5 Å². The summed E-state index contributed by atoms with van der Waals surface area (Å²) in [7, 11) is 0. The van der Waals surface area contributed by atoms with Crippen LogP contribution < -0.4 is 10.9 Å². The molecule has 1 aromatic carbocycles. The summed E-state index contributed by atoms with van der Waals surface area (Å²) in [4.78, 5) is 42.1. The number of ether oxygens (including phenoxy) is 1. The van der Waals surface area contributed by atoms with E-state index < -0.39 is 12.1 Å². The summed E-state index contributed by atoms with van der Waals surface area (Å²) in [6.07, 6.45) is -0.928. The second-order valence-corrected chi connectivity index (χ2v) is 7.33. The zero-order valence-electron chi connectivity index (χ0n) is 15.9. The summed E-state index contributed by atoms with van der Waals surface area (Å²) in [5, 5.41) is 4.67. The monoisotopic (exact) mass is 399 g/mol. The molecule has 28 heavy (non-hydrogen) atoms. The minimum Gasteiger partial charge on any atom is -0.449 e.